The number of rotatable bonds is 1. The van der Waals surface area contributed by atoms with Gasteiger partial charge in [-0.1, -0.05) is 48.5 Å². The van der Waals surface area contributed by atoms with Gasteiger partial charge in [0.25, 0.3) is 0 Å². The Balaban J connectivity index is 1.55. The molecule has 4 aliphatic carbocycles. The molecule has 0 unspecified atom stereocenters. The summed E-state index contributed by atoms with van der Waals surface area (Å²) >= 11 is 0. The van der Waals surface area contributed by atoms with Crippen LogP contribution in [0.1, 0.15) is 100 Å². The summed E-state index contributed by atoms with van der Waals surface area (Å²) in [5.74, 6) is -2.21. The van der Waals surface area contributed by atoms with E-state index in [1.165, 1.54) is 6.92 Å². The lowest BCUT2D eigenvalue weighted by Crippen LogP contribution is -2.63. The van der Waals surface area contributed by atoms with E-state index in [1.54, 1.807) is 0 Å². The van der Waals surface area contributed by atoms with Crippen molar-refractivity contribution in [3.63, 3.8) is 0 Å². The van der Waals surface area contributed by atoms with Crippen LogP contribution in [-0.4, -0.2) is 52.2 Å². The summed E-state index contributed by atoms with van der Waals surface area (Å²) in [6.45, 7) is 15.3. The highest BCUT2D eigenvalue weighted by molar-refractivity contribution is 6.01. The molecule has 40 heavy (non-hydrogen) atoms. The first-order valence-electron chi connectivity index (χ1n) is 15.0. The second-order valence-corrected chi connectivity index (χ2v) is 15.1. The fourth-order valence-electron chi connectivity index (χ4n) is 10.7. The minimum absolute atomic E-state index is 0.0218. The summed E-state index contributed by atoms with van der Waals surface area (Å²) in [5, 5.41) is 12.1. The van der Waals surface area contributed by atoms with Gasteiger partial charge in [-0.3, -0.25) is 19.2 Å². The molecule has 2 aliphatic heterocycles. The molecule has 0 radical (unpaired) electrons. The second-order valence-electron chi connectivity index (χ2n) is 15.1. The van der Waals surface area contributed by atoms with Crippen molar-refractivity contribution in [2.75, 3.05) is 0 Å². The number of fused-ring (bicyclic) bond motifs is 5. The van der Waals surface area contributed by atoms with Gasteiger partial charge in [0.2, 0.25) is 5.79 Å². The van der Waals surface area contributed by atoms with Crippen LogP contribution in [0.15, 0.2) is 11.1 Å². The van der Waals surface area contributed by atoms with E-state index in [4.69, 9.17) is 14.2 Å². The molecule has 2 heterocycles. The minimum Gasteiger partial charge on any atom is -0.458 e. The number of Topliss-reactive ketones (excluding diaryl/α,β-unsaturated/α-hetero) is 2. The lowest BCUT2D eigenvalue weighted by Gasteiger charge is -2.62. The molecule has 0 amide bonds. The third-order valence-corrected chi connectivity index (χ3v) is 12.8. The van der Waals surface area contributed by atoms with Crippen LogP contribution >= 0.6 is 0 Å². The number of carbonyl (C=O) groups is 4. The summed E-state index contributed by atoms with van der Waals surface area (Å²) in [5.41, 5.74) is -2.61. The average Bonchev–Trinajstić information content (AvgIpc) is 3.33. The molecule has 2 spiro atoms. The Labute approximate surface area is 236 Å². The van der Waals surface area contributed by atoms with Gasteiger partial charge < -0.3 is 19.3 Å². The highest BCUT2D eigenvalue weighted by atomic mass is 16.7. The Bertz CT molecular complexity index is 1270. The maximum atomic E-state index is 14.6. The summed E-state index contributed by atoms with van der Waals surface area (Å²) in [6.07, 6.45) is 1.14. The zero-order valence-electron chi connectivity index (χ0n) is 25.1. The van der Waals surface area contributed by atoms with Crippen molar-refractivity contribution in [1.82, 2.24) is 0 Å². The number of aliphatic hydroxyl groups excluding tert-OH is 1. The number of hydrogen-bond acceptors (Lipinski definition) is 8. The predicted octanol–water partition coefficient (Wildman–Crippen LogP) is 4.45. The number of hydrogen-bond donors (Lipinski definition) is 1. The van der Waals surface area contributed by atoms with Crippen LogP contribution < -0.4 is 0 Å². The fourth-order valence-corrected chi connectivity index (χ4v) is 10.7. The zero-order valence-corrected chi connectivity index (χ0v) is 25.1. The van der Waals surface area contributed by atoms with Crippen LogP contribution in [0.3, 0.4) is 0 Å². The topological polar surface area (TPSA) is 116 Å². The molecule has 6 aliphatic rings. The van der Waals surface area contributed by atoms with E-state index in [0.717, 1.165) is 0 Å². The van der Waals surface area contributed by atoms with Crippen molar-refractivity contribution in [2.45, 2.75) is 124 Å². The molecule has 8 nitrogen and oxygen atoms in total. The van der Waals surface area contributed by atoms with Gasteiger partial charge in [-0.25, -0.2) is 0 Å². The zero-order chi connectivity index (χ0) is 29.4. The summed E-state index contributed by atoms with van der Waals surface area (Å²) in [4.78, 5) is 52.6. The Morgan fingerprint density at radius 3 is 2.30 bits per heavy atom. The van der Waals surface area contributed by atoms with Gasteiger partial charge in [0, 0.05) is 66.3 Å². The monoisotopic (exact) mass is 556 g/mol. The maximum absolute atomic E-state index is 14.6. The van der Waals surface area contributed by atoms with Gasteiger partial charge >= 0.3 is 11.9 Å². The van der Waals surface area contributed by atoms with E-state index in [0.29, 0.717) is 43.3 Å². The lowest BCUT2D eigenvalue weighted by molar-refractivity contribution is -0.254. The minimum atomic E-state index is -1.06. The Kier molecular flexibility index (Phi) is 5.66. The maximum Gasteiger partial charge on any atom is 0.311 e. The smallest absolute Gasteiger partial charge is 0.311 e. The first-order chi connectivity index (χ1) is 18.4. The predicted molar refractivity (Wildman–Crippen MR) is 143 cm³/mol. The molecule has 10 atom stereocenters. The van der Waals surface area contributed by atoms with Gasteiger partial charge in [0.15, 0.2) is 5.78 Å². The van der Waals surface area contributed by atoms with E-state index in [-0.39, 0.29) is 48.1 Å². The standard InChI is InChI=1S/C32H44O8/c1-16-12-31(39-26(16)37)13-17(2)32(40-31)15-23(36)30(8)25-20(38-18(3)33)11-21-27(4,5)22(35)9-10-28(21,6)24(25)19(34)14-29(30,32)7/h16-17,20-21,23,36H,9-15H2,1-8H3/t16-,17+,20-,21-,23-,28-,29-,30-,31-,32-/m0/s1. The Hall–Kier alpha value is -2.06. The first kappa shape index (κ1) is 28.1. The normalized spacial score (nSPS) is 51.1. The molecule has 0 aromatic heterocycles. The molecule has 4 fully saturated rings. The van der Waals surface area contributed by atoms with Crippen LogP contribution in [0.5, 0.6) is 0 Å². The molecule has 2 saturated heterocycles. The third-order valence-electron chi connectivity index (χ3n) is 12.8. The van der Waals surface area contributed by atoms with Crippen LogP contribution in [0.2, 0.25) is 0 Å². The summed E-state index contributed by atoms with van der Waals surface area (Å²) < 4.78 is 18.8. The molecule has 220 valence electrons. The molecule has 6 rings (SSSR count). The molecule has 2 saturated carbocycles. The first-order valence-corrected chi connectivity index (χ1v) is 15.0. The van der Waals surface area contributed by atoms with E-state index >= 15 is 0 Å². The summed E-state index contributed by atoms with van der Waals surface area (Å²) in [6, 6.07) is 0. The van der Waals surface area contributed by atoms with Crippen molar-refractivity contribution in [1.29, 1.82) is 0 Å². The van der Waals surface area contributed by atoms with E-state index in [1.807, 2.05) is 34.6 Å². The molecule has 8 heteroatoms. The third kappa shape index (κ3) is 3.10. The van der Waals surface area contributed by atoms with Crippen LogP contribution in [0.25, 0.3) is 0 Å². The number of carbonyl (C=O) groups excluding carboxylic acids is 4. The number of ether oxygens (including phenoxy) is 3. The molecule has 0 aromatic rings. The van der Waals surface area contributed by atoms with Gasteiger partial charge in [-0.05, 0) is 30.3 Å². The average molecular weight is 557 g/mol. The number of aliphatic hydroxyl groups is 1. The van der Waals surface area contributed by atoms with Gasteiger partial charge in [0.1, 0.15) is 11.9 Å². The lowest BCUT2D eigenvalue weighted by atomic mass is 9.42. The quantitative estimate of drug-likeness (QED) is 0.471. The van der Waals surface area contributed by atoms with E-state index in [2.05, 4.69) is 13.8 Å². The van der Waals surface area contributed by atoms with Gasteiger partial charge in [-0.15, -0.1) is 0 Å². The highest BCUT2D eigenvalue weighted by Gasteiger charge is 2.79. The van der Waals surface area contributed by atoms with Crippen molar-refractivity contribution in [3.8, 4) is 0 Å². The van der Waals surface area contributed by atoms with Crippen molar-refractivity contribution >= 4 is 23.5 Å². The number of ketones is 2. The highest BCUT2D eigenvalue weighted by Crippen LogP contribution is 2.75. The van der Waals surface area contributed by atoms with Crippen LogP contribution in [0.4, 0.5) is 0 Å². The Morgan fingerprint density at radius 1 is 1.02 bits per heavy atom. The Morgan fingerprint density at radius 2 is 1.70 bits per heavy atom. The van der Waals surface area contributed by atoms with Crippen molar-refractivity contribution in [3.05, 3.63) is 11.1 Å². The van der Waals surface area contributed by atoms with E-state index < -0.39 is 51.2 Å². The molecule has 0 aromatic carbocycles. The van der Waals surface area contributed by atoms with Crippen molar-refractivity contribution < 1.29 is 38.5 Å². The van der Waals surface area contributed by atoms with Crippen molar-refractivity contribution in [2.24, 2.45) is 39.4 Å². The van der Waals surface area contributed by atoms with Gasteiger partial charge in [0.05, 0.1) is 17.6 Å². The van der Waals surface area contributed by atoms with E-state index in [9.17, 15) is 24.3 Å². The van der Waals surface area contributed by atoms with Crippen LogP contribution in [0, 0.1) is 39.4 Å². The fraction of sp³-hybridized carbons (Fsp3) is 0.812. The molecular formula is C32H44O8. The SMILES string of the molecule is CC(=O)O[C@H]1C[C@H]2C(C)(C)C(=O)CC[C@]2(C)C2=C1[C@]1(C)[C@@H](O)C[C@@]3(O[C@]4(C[C@H]3C)C[C@H](C)C(=O)O4)[C@@]1(C)CC2=O. The second kappa shape index (κ2) is 8.06. The van der Waals surface area contributed by atoms with Crippen LogP contribution in [-0.2, 0) is 33.4 Å². The summed E-state index contributed by atoms with van der Waals surface area (Å²) in [7, 11) is 0. The van der Waals surface area contributed by atoms with Gasteiger partial charge in [-0.2, -0.15) is 0 Å². The number of allylic oxidation sites excluding steroid dienone is 1. The number of esters is 2. The molecule has 0 bridgehead atoms. The molecule has 1 N–H and O–H groups in total. The molecular weight excluding hydrogens is 512 g/mol. The largest absolute Gasteiger partial charge is 0.458 e.